The molecule has 1 heterocycles. The van der Waals surface area contributed by atoms with Gasteiger partial charge in [0.05, 0.1) is 17.7 Å². The second-order valence-corrected chi connectivity index (χ2v) is 8.76. The van der Waals surface area contributed by atoms with Gasteiger partial charge in [0.1, 0.15) is 0 Å². The van der Waals surface area contributed by atoms with Crippen LogP contribution in [0, 0.1) is 13.8 Å². The Morgan fingerprint density at radius 1 is 1.07 bits per heavy atom. The summed E-state index contributed by atoms with van der Waals surface area (Å²) in [6.07, 6.45) is 1.72. The summed E-state index contributed by atoms with van der Waals surface area (Å²) in [5.74, 6) is 0.0931. The average Bonchev–Trinajstić information content (AvgIpc) is 3.04. The Kier molecular flexibility index (Phi) is 5.60. The first-order valence-electron chi connectivity index (χ1n) is 8.68. The Balaban J connectivity index is 1.62. The zero-order chi connectivity index (χ0) is 20.3. The van der Waals surface area contributed by atoms with E-state index < -0.39 is 9.84 Å². The molecule has 8 heteroatoms. The van der Waals surface area contributed by atoms with E-state index in [1.54, 1.807) is 12.1 Å². The molecule has 1 aromatic heterocycles. The van der Waals surface area contributed by atoms with Gasteiger partial charge in [-0.15, -0.1) is 5.10 Å². The molecule has 2 aromatic carbocycles. The molecule has 0 saturated carbocycles. The number of sulfone groups is 1. The Hall–Kier alpha value is -3.00. The van der Waals surface area contributed by atoms with E-state index in [1.807, 2.05) is 32.0 Å². The molecule has 0 spiro atoms. The lowest BCUT2D eigenvalue weighted by atomic mass is 10.0. The summed E-state index contributed by atoms with van der Waals surface area (Å²) in [6, 6.07) is 12.5. The summed E-state index contributed by atoms with van der Waals surface area (Å²) in [7, 11) is -3.23. The minimum absolute atomic E-state index is 0.0399. The molecule has 3 aromatic rings. The summed E-state index contributed by atoms with van der Waals surface area (Å²) >= 11 is 0. The van der Waals surface area contributed by atoms with Crippen LogP contribution in [0.2, 0.25) is 0 Å². The van der Waals surface area contributed by atoms with Crippen molar-refractivity contribution in [2.24, 2.45) is 0 Å². The Bertz CT molecular complexity index is 1100. The number of nitrogens with zero attached hydrogens (tertiary/aromatic N) is 2. The molecule has 28 heavy (non-hydrogen) atoms. The number of nitrogens with one attached hydrogen (secondary N) is 1. The fraction of sp³-hybridized carbons (Fsp3) is 0.250. The topological polar surface area (TPSA) is 102 Å². The summed E-state index contributed by atoms with van der Waals surface area (Å²) < 4.78 is 28.5. The maximum Gasteiger partial charge on any atom is 0.322 e. The molecule has 146 valence electrons. The largest absolute Gasteiger partial charge is 0.407 e. The van der Waals surface area contributed by atoms with Gasteiger partial charge < -0.3 is 4.42 Å². The molecule has 0 radical (unpaired) electrons. The number of aryl methyl sites for hydroxylation is 2. The lowest BCUT2D eigenvalue weighted by Crippen LogP contribution is -2.15. The van der Waals surface area contributed by atoms with Gasteiger partial charge in [-0.05, 0) is 42.7 Å². The van der Waals surface area contributed by atoms with E-state index >= 15 is 0 Å². The van der Waals surface area contributed by atoms with E-state index in [4.69, 9.17) is 4.42 Å². The molecular weight excluding hydrogens is 378 g/mol. The highest BCUT2D eigenvalue weighted by Gasteiger charge is 2.13. The first kappa shape index (κ1) is 19.8. The summed E-state index contributed by atoms with van der Waals surface area (Å²) in [5, 5.41) is 10.4. The Morgan fingerprint density at radius 3 is 2.46 bits per heavy atom. The second kappa shape index (κ2) is 7.93. The number of carbonyl (C=O) groups excluding carboxylic acids is 1. The van der Waals surface area contributed by atoms with Crippen molar-refractivity contribution >= 4 is 21.8 Å². The number of aromatic nitrogens is 2. The van der Waals surface area contributed by atoms with Crippen molar-refractivity contribution in [3.8, 4) is 0 Å². The van der Waals surface area contributed by atoms with Gasteiger partial charge in [-0.3, -0.25) is 10.1 Å². The molecule has 0 unspecified atom stereocenters. The number of anilines is 1. The van der Waals surface area contributed by atoms with Crippen LogP contribution in [0.3, 0.4) is 0 Å². The van der Waals surface area contributed by atoms with Gasteiger partial charge in [-0.25, -0.2) is 8.42 Å². The third-order valence-electron chi connectivity index (χ3n) is 4.28. The summed E-state index contributed by atoms with van der Waals surface area (Å²) in [4.78, 5) is 12.5. The fourth-order valence-electron chi connectivity index (χ4n) is 2.73. The van der Waals surface area contributed by atoms with Crippen LogP contribution in [-0.4, -0.2) is 30.8 Å². The maximum atomic E-state index is 12.2. The SMILES string of the molecule is Cc1ccc(C)c(CC(=O)Nc2nnc(Cc3ccc(S(C)(=O)=O)cc3)o2)c1. The van der Waals surface area contributed by atoms with Gasteiger partial charge in [-0.2, -0.15) is 0 Å². The average molecular weight is 399 g/mol. The van der Waals surface area contributed by atoms with Crippen molar-refractivity contribution in [3.05, 3.63) is 70.6 Å². The third kappa shape index (κ3) is 5.04. The smallest absolute Gasteiger partial charge is 0.322 e. The van der Waals surface area contributed by atoms with Crippen LogP contribution in [-0.2, 0) is 27.5 Å². The van der Waals surface area contributed by atoms with Crippen molar-refractivity contribution in [2.75, 3.05) is 11.6 Å². The molecule has 0 aliphatic carbocycles. The van der Waals surface area contributed by atoms with E-state index in [2.05, 4.69) is 15.5 Å². The van der Waals surface area contributed by atoms with Crippen molar-refractivity contribution in [2.45, 2.75) is 31.6 Å². The van der Waals surface area contributed by atoms with Crippen molar-refractivity contribution in [1.29, 1.82) is 0 Å². The van der Waals surface area contributed by atoms with E-state index in [-0.39, 0.29) is 23.2 Å². The summed E-state index contributed by atoms with van der Waals surface area (Å²) in [6.45, 7) is 3.94. The van der Waals surface area contributed by atoms with Crippen molar-refractivity contribution < 1.29 is 17.6 Å². The van der Waals surface area contributed by atoms with Crippen molar-refractivity contribution in [1.82, 2.24) is 10.2 Å². The van der Waals surface area contributed by atoms with E-state index in [0.29, 0.717) is 12.3 Å². The fourth-order valence-corrected chi connectivity index (χ4v) is 3.36. The molecule has 0 fully saturated rings. The molecule has 0 atom stereocenters. The first-order valence-corrected chi connectivity index (χ1v) is 10.6. The van der Waals surface area contributed by atoms with Crippen LogP contribution in [0.1, 0.15) is 28.1 Å². The number of carbonyl (C=O) groups is 1. The second-order valence-electron chi connectivity index (χ2n) is 6.75. The first-order chi connectivity index (χ1) is 13.2. The molecular formula is C20H21N3O4S. The van der Waals surface area contributed by atoms with Gasteiger partial charge in [0, 0.05) is 6.26 Å². The molecule has 3 rings (SSSR count). The zero-order valence-corrected chi connectivity index (χ0v) is 16.7. The predicted octanol–water partition coefficient (Wildman–Crippen LogP) is 2.86. The molecule has 1 amide bonds. The van der Waals surface area contributed by atoms with Crippen LogP contribution in [0.5, 0.6) is 0 Å². The van der Waals surface area contributed by atoms with E-state index in [0.717, 1.165) is 28.5 Å². The Morgan fingerprint density at radius 2 is 1.79 bits per heavy atom. The minimum Gasteiger partial charge on any atom is -0.407 e. The number of hydrogen-bond donors (Lipinski definition) is 1. The highest BCUT2D eigenvalue weighted by molar-refractivity contribution is 7.90. The standard InChI is InChI=1S/C20H21N3O4S/c1-13-4-5-14(2)16(10-13)12-18(24)21-20-23-22-19(27-20)11-15-6-8-17(9-7-15)28(3,25)26/h4-10H,11-12H2,1-3H3,(H,21,23,24). The molecule has 0 aliphatic heterocycles. The van der Waals surface area contributed by atoms with Gasteiger partial charge in [0.2, 0.25) is 11.8 Å². The van der Waals surface area contributed by atoms with Crippen LogP contribution in [0.15, 0.2) is 51.8 Å². The van der Waals surface area contributed by atoms with Gasteiger partial charge in [0.25, 0.3) is 0 Å². The number of benzene rings is 2. The number of hydrogen-bond acceptors (Lipinski definition) is 6. The highest BCUT2D eigenvalue weighted by Crippen LogP contribution is 2.16. The van der Waals surface area contributed by atoms with E-state index in [1.165, 1.54) is 12.1 Å². The zero-order valence-electron chi connectivity index (χ0n) is 15.9. The Labute approximate surface area is 163 Å². The van der Waals surface area contributed by atoms with Crippen LogP contribution in [0.25, 0.3) is 0 Å². The van der Waals surface area contributed by atoms with Crippen LogP contribution < -0.4 is 5.32 Å². The predicted molar refractivity (Wildman–Crippen MR) is 105 cm³/mol. The number of amides is 1. The van der Waals surface area contributed by atoms with E-state index in [9.17, 15) is 13.2 Å². The van der Waals surface area contributed by atoms with Gasteiger partial charge in [-0.1, -0.05) is 41.0 Å². The molecule has 0 saturated heterocycles. The molecule has 1 N–H and O–H groups in total. The van der Waals surface area contributed by atoms with Gasteiger partial charge in [0.15, 0.2) is 9.84 Å². The lowest BCUT2D eigenvalue weighted by molar-refractivity contribution is -0.115. The summed E-state index contributed by atoms with van der Waals surface area (Å²) in [5.41, 5.74) is 3.91. The molecule has 0 aliphatic rings. The van der Waals surface area contributed by atoms with Crippen molar-refractivity contribution in [3.63, 3.8) is 0 Å². The monoisotopic (exact) mass is 399 g/mol. The number of rotatable bonds is 6. The normalized spacial score (nSPS) is 11.4. The van der Waals surface area contributed by atoms with Crippen LogP contribution in [0.4, 0.5) is 6.01 Å². The molecule has 7 nitrogen and oxygen atoms in total. The third-order valence-corrected chi connectivity index (χ3v) is 5.40. The minimum atomic E-state index is -3.23. The maximum absolute atomic E-state index is 12.2. The highest BCUT2D eigenvalue weighted by atomic mass is 32.2. The lowest BCUT2D eigenvalue weighted by Gasteiger charge is -2.06. The van der Waals surface area contributed by atoms with Crippen LogP contribution >= 0.6 is 0 Å². The van der Waals surface area contributed by atoms with Gasteiger partial charge >= 0.3 is 6.01 Å². The molecule has 0 bridgehead atoms. The quantitative estimate of drug-likeness (QED) is 0.684.